The second-order valence-electron chi connectivity index (χ2n) is 7.00. The van der Waals surface area contributed by atoms with E-state index in [4.69, 9.17) is 13.9 Å². The summed E-state index contributed by atoms with van der Waals surface area (Å²) in [5, 5.41) is 2.32. The number of benzene rings is 2. The Balaban J connectivity index is 1.73. The van der Waals surface area contributed by atoms with E-state index in [1.165, 1.54) is 23.5 Å². The Kier molecular flexibility index (Phi) is 6.23. The highest BCUT2D eigenvalue weighted by molar-refractivity contribution is 7.14. The average Bonchev–Trinajstić information content (AvgIpc) is 3.50. The van der Waals surface area contributed by atoms with Crippen molar-refractivity contribution in [3.63, 3.8) is 0 Å². The number of ether oxygens (including phenoxy) is 2. The van der Waals surface area contributed by atoms with Gasteiger partial charge in [0.1, 0.15) is 23.1 Å². The van der Waals surface area contributed by atoms with E-state index >= 15 is 0 Å². The third kappa shape index (κ3) is 4.36. The lowest BCUT2D eigenvalue weighted by Gasteiger charge is -2.20. The number of aromatic nitrogens is 1. The number of methoxy groups -OCH3 is 2. The van der Waals surface area contributed by atoms with E-state index in [1.807, 2.05) is 12.3 Å². The second kappa shape index (κ2) is 9.23. The van der Waals surface area contributed by atoms with Gasteiger partial charge in [0.05, 0.1) is 32.7 Å². The molecule has 0 aliphatic rings. The van der Waals surface area contributed by atoms with Crippen molar-refractivity contribution in [3.8, 4) is 22.8 Å². The minimum Gasteiger partial charge on any atom is -0.496 e. The van der Waals surface area contributed by atoms with Crippen molar-refractivity contribution < 1.29 is 23.1 Å². The van der Waals surface area contributed by atoms with Crippen LogP contribution in [0.2, 0.25) is 0 Å². The number of hydrogen-bond acceptors (Lipinski definition) is 6. The molecule has 2 heterocycles. The van der Waals surface area contributed by atoms with Gasteiger partial charge in [-0.05, 0) is 55.5 Å². The van der Waals surface area contributed by atoms with Gasteiger partial charge in [0.25, 0.3) is 5.91 Å². The van der Waals surface area contributed by atoms with Crippen molar-refractivity contribution in [1.29, 1.82) is 0 Å². The number of amides is 1. The molecule has 0 aliphatic heterocycles. The third-order valence-corrected chi connectivity index (χ3v) is 5.86. The standard InChI is InChI=1S/C24H21FN2O4S/c1-15-21(29-2)11-17(12-22(15)30-3)23(28)27(13-19-5-4-10-31-19)24-26-20(14-32-24)16-6-8-18(25)9-7-16/h4-12,14H,13H2,1-3H3. The minimum absolute atomic E-state index is 0.195. The summed E-state index contributed by atoms with van der Waals surface area (Å²) in [4.78, 5) is 19.8. The molecule has 2 aromatic carbocycles. The Morgan fingerprint density at radius 2 is 1.81 bits per heavy atom. The lowest BCUT2D eigenvalue weighted by atomic mass is 10.1. The quantitative estimate of drug-likeness (QED) is 0.359. The van der Waals surface area contributed by atoms with E-state index in [2.05, 4.69) is 4.98 Å². The van der Waals surface area contributed by atoms with Crippen LogP contribution in [0.1, 0.15) is 21.7 Å². The highest BCUT2D eigenvalue weighted by Crippen LogP contribution is 2.33. The maximum Gasteiger partial charge on any atom is 0.260 e. The number of furan rings is 1. The Morgan fingerprint density at radius 3 is 2.41 bits per heavy atom. The predicted octanol–water partition coefficient (Wildman–Crippen LogP) is 5.71. The van der Waals surface area contributed by atoms with Crippen LogP contribution in [-0.2, 0) is 6.54 Å². The van der Waals surface area contributed by atoms with Gasteiger partial charge < -0.3 is 13.9 Å². The zero-order chi connectivity index (χ0) is 22.7. The Labute approximate surface area is 188 Å². The van der Waals surface area contributed by atoms with Crippen molar-refractivity contribution in [2.24, 2.45) is 0 Å². The van der Waals surface area contributed by atoms with Gasteiger partial charge in [-0.2, -0.15) is 0 Å². The van der Waals surface area contributed by atoms with Crippen molar-refractivity contribution in [3.05, 3.63) is 82.9 Å². The number of thiazole rings is 1. The summed E-state index contributed by atoms with van der Waals surface area (Å²) in [5.74, 6) is 1.12. The summed E-state index contributed by atoms with van der Waals surface area (Å²) in [5.41, 5.74) is 2.62. The number of nitrogens with zero attached hydrogens (tertiary/aromatic N) is 2. The summed E-state index contributed by atoms with van der Waals surface area (Å²) in [6.07, 6.45) is 1.56. The molecule has 6 nitrogen and oxygen atoms in total. The zero-order valence-electron chi connectivity index (χ0n) is 17.8. The molecule has 2 aromatic heterocycles. The van der Waals surface area contributed by atoms with Gasteiger partial charge in [0.2, 0.25) is 0 Å². The molecule has 4 aromatic rings. The number of rotatable bonds is 7. The first-order chi connectivity index (χ1) is 15.5. The summed E-state index contributed by atoms with van der Waals surface area (Å²) < 4.78 is 29.6. The van der Waals surface area contributed by atoms with Gasteiger partial charge in [-0.25, -0.2) is 9.37 Å². The second-order valence-corrected chi connectivity index (χ2v) is 7.84. The first-order valence-corrected chi connectivity index (χ1v) is 10.7. The fraction of sp³-hybridized carbons (Fsp3) is 0.167. The topological polar surface area (TPSA) is 64.8 Å². The highest BCUT2D eigenvalue weighted by Gasteiger charge is 2.24. The van der Waals surface area contributed by atoms with Crippen molar-refractivity contribution in [1.82, 2.24) is 4.98 Å². The maximum atomic E-state index is 13.6. The van der Waals surface area contributed by atoms with Crippen molar-refractivity contribution in [2.75, 3.05) is 19.1 Å². The molecule has 0 atom stereocenters. The number of halogens is 1. The lowest BCUT2D eigenvalue weighted by molar-refractivity contribution is 0.0982. The molecule has 0 unspecified atom stereocenters. The third-order valence-electron chi connectivity index (χ3n) is 5.00. The first kappa shape index (κ1) is 21.6. The normalized spacial score (nSPS) is 10.8. The molecule has 0 radical (unpaired) electrons. The van der Waals surface area contributed by atoms with Crippen LogP contribution in [0.25, 0.3) is 11.3 Å². The molecule has 0 saturated carbocycles. The van der Waals surface area contributed by atoms with Gasteiger partial charge in [-0.15, -0.1) is 11.3 Å². The van der Waals surface area contributed by atoms with E-state index in [0.717, 1.165) is 11.1 Å². The largest absolute Gasteiger partial charge is 0.496 e. The summed E-state index contributed by atoms with van der Waals surface area (Å²) in [7, 11) is 3.10. The van der Waals surface area contributed by atoms with Crippen molar-refractivity contribution >= 4 is 22.4 Å². The van der Waals surface area contributed by atoms with Crippen LogP contribution in [0.15, 0.2) is 64.6 Å². The molecule has 0 aliphatic carbocycles. The van der Waals surface area contributed by atoms with Crippen LogP contribution < -0.4 is 14.4 Å². The van der Waals surface area contributed by atoms with Gasteiger partial charge in [0, 0.05) is 22.1 Å². The van der Waals surface area contributed by atoms with Crippen LogP contribution >= 0.6 is 11.3 Å². The SMILES string of the molecule is COc1cc(C(=O)N(Cc2ccco2)c2nc(-c3ccc(F)cc3)cs2)cc(OC)c1C. The zero-order valence-corrected chi connectivity index (χ0v) is 18.6. The van der Waals surface area contributed by atoms with Crippen LogP contribution in [0.4, 0.5) is 9.52 Å². The molecule has 0 fully saturated rings. The van der Waals surface area contributed by atoms with Crippen LogP contribution in [0, 0.1) is 12.7 Å². The molecule has 4 rings (SSSR count). The monoisotopic (exact) mass is 452 g/mol. The number of anilines is 1. The average molecular weight is 453 g/mol. The van der Waals surface area contributed by atoms with Crippen molar-refractivity contribution in [2.45, 2.75) is 13.5 Å². The number of hydrogen-bond donors (Lipinski definition) is 0. The molecule has 0 spiro atoms. The molecular formula is C24H21FN2O4S. The van der Waals surface area contributed by atoms with Gasteiger partial charge >= 0.3 is 0 Å². The van der Waals surface area contributed by atoms with Crippen LogP contribution in [-0.4, -0.2) is 25.1 Å². The van der Waals surface area contributed by atoms with E-state index in [-0.39, 0.29) is 18.3 Å². The molecule has 0 saturated heterocycles. The molecule has 8 heteroatoms. The highest BCUT2D eigenvalue weighted by atomic mass is 32.1. The van der Waals surface area contributed by atoms with E-state index in [1.54, 1.807) is 61.8 Å². The first-order valence-electron chi connectivity index (χ1n) is 9.78. The molecule has 0 bridgehead atoms. The molecular weight excluding hydrogens is 431 g/mol. The Hall–Kier alpha value is -3.65. The molecule has 1 amide bonds. The number of carbonyl (C=O) groups excluding carboxylic acids is 1. The molecule has 164 valence electrons. The van der Waals surface area contributed by atoms with Crippen LogP contribution in [0.3, 0.4) is 0 Å². The van der Waals surface area contributed by atoms with E-state index in [0.29, 0.717) is 33.6 Å². The maximum absolute atomic E-state index is 13.6. The lowest BCUT2D eigenvalue weighted by Crippen LogP contribution is -2.30. The Morgan fingerprint density at radius 1 is 1.12 bits per heavy atom. The molecule has 32 heavy (non-hydrogen) atoms. The number of carbonyl (C=O) groups is 1. The summed E-state index contributed by atoms with van der Waals surface area (Å²) in [6.45, 7) is 2.06. The van der Waals surface area contributed by atoms with Crippen LogP contribution in [0.5, 0.6) is 11.5 Å². The van der Waals surface area contributed by atoms with E-state index in [9.17, 15) is 9.18 Å². The van der Waals surface area contributed by atoms with Gasteiger partial charge in [-0.1, -0.05) is 0 Å². The van der Waals surface area contributed by atoms with E-state index < -0.39 is 0 Å². The summed E-state index contributed by atoms with van der Waals surface area (Å²) in [6, 6.07) is 13.0. The fourth-order valence-corrected chi connectivity index (χ4v) is 4.12. The van der Waals surface area contributed by atoms with Gasteiger partial charge in [0.15, 0.2) is 5.13 Å². The summed E-state index contributed by atoms with van der Waals surface area (Å²) >= 11 is 1.32. The van der Waals surface area contributed by atoms with Gasteiger partial charge in [-0.3, -0.25) is 9.69 Å². The smallest absolute Gasteiger partial charge is 0.260 e. The minimum atomic E-state index is -0.318. The fourth-order valence-electron chi connectivity index (χ4n) is 3.29. The molecule has 0 N–H and O–H groups in total. The predicted molar refractivity (Wildman–Crippen MR) is 121 cm³/mol. The Bertz CT molecular complexity index is 1190.